The first kappa shape index (κ1) is 37.7. The molecule has 48 heavy (non-hydrogen) atoms. The lowest BCUT2D eigenvalue weighted by molar-refractivity contribution is -0.270. The van der Waals surface area contributed by atoms with Crippen molar-refractivity contribution in [1.29, 1.82) is 0 Å². The zero-order chi connectivity index (χ0) is 35.6. The number of rotatable bonds is 12. The summed E-state index contributed by atoms with van der Waals surface area (Å²) in [5.74, 6) is -1.34. The van der Waals surface area contributed by atoms with E-state index in [1.807, 2.05) is 4.98 Å². The fourth-order valence-corrected chi connectivity index (χ4v) is 7.17. The lowest BCUT2D eigenvalue weighted by Crippen LogP contribution is -2.65. The summed E-state index contributed by atoms with van der Waals surface area (Å²) in [6.45, 7) is 0.159. The van der Waals surface area contributed by atoms with E-state index in [0.29, 0.717) is 0 Å². The molecule has 2 amide bonds. The van der Waals surface area contributed by atoms with E-state index < -0.39 is 119 Å². The van der Waals surface area contributed by atoms with Gasteiger partial charge in [-0.2, -0.15) is 0 Å². The molecule has 2 aromatic rings. The quantitative estimate of drug-likeness (QED) is 0.0921. The van der Waals surface area contributed by atoms with Crippen LogP contribution in [-0.4, -0.2) is 119 Å². The third-order valence-corrected chi connectivity index (χ3v) is 9.94. The molecule has 0 radical (unpaired) electrons. The van der Waals surface area contributed by atoms with Gasteiger partial charge in [-0.15, -0.1) is 0 Å². The second-order valence-corrected chi connectivity index (χ2v) is 14.1. The van der Waals surface area contributed by atoms with Crippen LogP contribution >= 0.6 is 15.4 Å². The summed E-state index contributed by atoms with van der Waals surface area (Å²) >= 11 is 0. The highest BCUT2D eigenvalue weighted by atomic mass is 31.3. The number of H-pyrrole nitrogens is 1. The second kappa shape index (κ2) is 15.2. The fraction of sp³-hybridized carbons (Fsp3) is 0.520. The molecule has 0 bridgehead atoms. The van der Waals surface area contributed by atoms with Gasteiger partial charge >= 0.3 is 21.1 Å². The number of nitrogens with zero attached hydrogens (tertiary/aromatic N) is 1. The maximum absolute atomic E-state index is 12.7. The van der Waals surface area contributed by atoms with Crippen molar-refractivity contribution in [3.8, 4) is 0 Å². The van der Waals surface area contributed by atoms with Crippen molar-refractivity contribution in [3.05, 3.63) is 62.9 Å². The highest BCUT2D eigenvalue weighted by Crippen LogP contribution is 2.56. The van der Waals surface area contributed by atoms with Crippen molar-refractivity contribution in [3.63, 3.8) is 0 Å². The smallest absolute Gasteiger partial charge is 0.388 e. The molecule has 3 heterocycles. The maximum Gasteiger partial charge on any atom is 0.477 e. The summed E-state index contributed by atoms with van der Waals surface area (Å²) in [5, 5.41) is 46.9. The molecule has 1 aromatic heterocycles. The molecule has 23 heteroatoms. The number of aromatic nitrogens is 2. The number of amides is 2. The first-order valence-corrected chi connectivity index (χ1v) is 17.2. The molecule has 10 atom stereocenters. The van der Waals surface area contributed by atoms with Gasteiger partial charge in [0.1, 0.15) is 42.7 Å². The van der Waals surface area contributed by atoms with Crippen LogP contribution in [0.1, 0.15) is 18.7 Å². The number of aliphatic hydroxyl groups excluding tert-OH is 4. The zero-order valence-corrected chi connectivity index (χ0v) is 26.6. The van der Waals surface area contributed by atoms with Crippen LogP contribution in [0.15, 0.2) is 46.1 Å². The third kappa shape index (κ3) is 9.30. The van der Waals surface area contributed by atoms with Crippen LogP contribution in [0.2, 0.25) is 0 Å². The average Bonchev–Trinajstić information content (AvgIpc) is 3.26. The van der Waals surface area contributed by atoms with E-state index in [0.717, 1.165) is 35.9 Å². The van der Waals surface area contributed by atoms with Gasteiger partial charge in [-0.3, -0.25) is 28.5 Å². The number of hydrogen-bond donors (Lipinski definition) is 10. The standard InChI is InChI=1S/C25H34N4O17P2/c1-11(30)27-18-21(35)19(33)14(9-26-17(32)8-12-3-2-4-13(7-12)47(38,39)46-48(40,41)42)45-24(18)43-10-15-20(34)22(36)23(44-15)29-6-5-16(31)28-25(29)37/h2-7,14-15,18-24,33-36H,8-10H2,1H3,(H,26,32)(H,27,30)(H,38,39)(H,28,31,37)(H2,40,41,42)/t14-,15-,18-,19-,20-,21-,22-,23-,24+/m1/s1. The molecule has 0 spiro atoms. The Labute approximate surface area is 269 Å². The number of aromatic amines is 1. The molecule has 2 aliphatic heterocycles. The number of benzene rings is 1. The van der Waals surface area contributed by atoms with Gasteiger partial charge in [0.15, 0.2) is 12.5 Å². The molecular formula is C25H34N4O17P2. The monoisotopic (exact) mass is 724 g/mol. The molecule has 1 unspecified atom stereocenters. The predicted molar refractivity (Wildman–Crippen MR) is 157 cm³/mol. The molecule has 2 saturated heterocycles. The predicted octanol–water partition coefficient (Wildman–Crippen LogP) is -4.60. The van der Waals surface area contributed by atoms with Crippen LogP contribution in [0.4, 0.5) is 0 Å². The highest BCUT2D eigenvalue weighted by Gasteiger charge is 2.48. The number of nitrogens with one attached hydrogen (secondary N) is 3. The molecule has 266 valence electrons. The number of ether oxygens (including phenoxy) is 3. The lowest BCUT2D eigenvalue weighted by atomic mass is 9.96. The zero-order valence-electron chi connectivity index (χ0n) is 24.8. The van der Waals surface area contributed by atoms with E-state index >= 15 is 0 Å². The number of carbonyl (C=O) groups excluding carboxylic acids is 2. The molecule has 10 N–H and O–H groups in total. The SMILES string of the molecule is CC(=O)N[C@H]1[C@@H](OC[C@H]2O[C@@H](n3ccc(=O)[nH]c3=O)[C@H](O)[C@@H]2O)O[C@H](CNC(=O)Cc2cccc(P(=O)(O)OP(=O)(O)O)c2)[C@@H](O)[C@@H]1O. The molecule has 2 aliphatic rings. The van der Waals surface area contributed by atoms with Crippen molar-refractivity contribution in [2.24, 2.45) is 0 Å². The molecule has 0 aliphatic carbocycles. The average molecular weight is 725 g/mol. The Bertz CT molecular complexity index is 1700. The Hall–Kier alpha value is -3.14. The largest absolute Gasteiger partial charge is 0.477 e. The van der Waals surface area contributed by atoms with Crippen molar-refractivity contribution in [2.75, 3.05) is 13.2 Å². The van der Waals surface area contributed by atoms with Crippen molar-refractivity contribution in [2.45, 2.75) is 68.5 Å². The van der Waals surface area contributed by atoms with Gasteiger partial charge in [-0.1, -0.05) is 12.1 Å². The van der Waals surface area contributed by atoms with E-state index in [9.17, 15) is 53.6 Å². The first-order chi connectivity index (χ1) is 22.4. The van der Waals surface area contributed by atoms with E-state index in [4.69, 9.17) is 24.0 Å². The van der Waals surface area contributed by atoms with Crippen molar-refractivity contribution < 1.29 is 72.3 Å². The Morgan fingerprint density at radius 2 is 1.67 bits per heavy atom. The summed E-state index contributed by atoms with van der Waals surface area (Å²) in [6.07, 6.45) is -11.5. The van der Waals surface area contributed by atoms with Gasteiger partial charge in [0, 0.05) is 25.7 Å². The summed E-state index contributed by atoms with van der Waals surface area (Å²) in [5.41, 5.74) is -1.48. The molecule has 0 saturated carbocycles. The molecular weight excluding hydrogens is 690 g/mol. The van der Waals surface area contributed by atoms with Crippen LogP contribution in [0.3, 0.4) is 0 Å². The lowest BCUT2D eigenvalue weighted by Gasteiger charge is -2.43. The molecule has 1 aromatic carbocycles. The summed E-state index contributed by atoms with van der Waals surface area (Å²) in [4.78, 5) is 77.7. The van der Waals surface area contributed by atoms with Gasteiger partial charge in [0.2, 0.25) is 11.8 Å². The van der Waals surface area contributed by atoms with Crippen LogP contribution in [0.5, 0.6) is 0 Å². The molecule has 21 nitrogen and oxygen atoms in total. The minimum Gasteiger partial charge on any atom is -0.388 e. The number of hydrogen-bond acceptors (Lipinski definition) is 14. The minimum atomic E-state index is -5.32. The molecule has 2 fully saturated rings. The van der Waals surface area contributed by atoms with Gasteiger partial charge in [-0.05, 0) is 17.7 Å². The second-order valence-electron chi connectivity index (χ2n) is 10.9. The Kier molecular flexibility index (Phi) is 11.9. The summed E-state index contributed by atoms with van der Waals surface area (Å²) in [7, 11) is -10.3. The van der Waals surface area contributed by atoms with Gasteiger partial charge in [0.05, 0.1) is 18.3 Å². The van der Waals surface area contributed by atoms with Gasteiger partial charge in [-0.25, -0.2) is 13.7 Å². The van der Waals surface area contributed by atoms with Crippen LogP contribution in [0, 0.1) is 0 Å². The van der Waals surface area contributed by atoms with E-state index in [1.54, 1.807) is 0 Å². The maximum atomic E-state index is 12.7. The number of carbonyl (C=O) groups is 2. The topological polar surface area (TPSA) is 326 Å². The summed E-state index contributed by atoms with van der Waals surface area (Å²) < 4.78 is 45.1. The highest BCUT2D eigenvalue weighted by molar-refractivity contribution is 7.69. The van der Waals surface area contributed by atoms with E-state index in [1.165, 1.54) is 12.1 Å². The third-order valence-electron chi connectivity index (χ3n) is 7.28. The summed E-state index contributed by atoms with van der Waals surface area (Å²) in [6, 6.07) is 4.37. The van der Waals surface area contributed by atoms with Crippen LogP contribution in [-0.2, 0) is 43.7 Å². The van der Waals surface area contributed by atoms with Gasteiger partial charge < -0.3 is 60.0 Å². The first-order valence-electron chi connectivity index (χ1n) is 14.1. The van der Waals surface area contributed by atoms with Crippen LogP contribution < -0.4 is 27.2 Å². The van der Waals surface area contributed by atoms with Gasteiger partial charge in [0.25, 0.3) is 5.56 Å². The Morgan fingerprint density at radius 1 is 0.979 bits per heavy atom. The van der Waals surface area contributed by atoms with E-state index in [2.05, 4.69) is 14.9 Å². The molecule has 4 rings (SSSR count). The fourth-order valence-electron chi connectivity index (χ4n) is 5.04. The van der Waals surface area contributed by atoms with Crippen molar-refractivity contribution in [1.82, 2.24) is 20.2 Å². The van der Waals surface area contributed by atoms with E-state index in [-0.39, 0.29) is 5.56 Å². The number of aliphatic hydroxyl groups is 4. The van der Waals surface area contributed by atoms with Crippen LogP contribution in [0.25, 0.3) is 0 Å². The van der Waals surface area contributed by atoms with Crippen molar-refractivity contribution >= 4 is 32.5 Å². The number of phosphoric acid groups is 1. The Balaban J connectivity index is 1.40. The normalized spacial score (nSPS) is 30.4. The Morgan fingerprint density at radius 3 is 2.31 bits per heavy atom. The minimum absolute atomic E-state index is 0.144.